The Kier molecular flexibility index (Phi) is 4.78. The molecule has 1 aromatic carbocycles. The van der Waals surface area contributed by atoms with Gasteiger partial charge in [0.15, 0.2) is 0 Å². The molecule has 0 spiro atoms. The molecule has 0 amide bonds. The lowest BCUT2D eigenvalue weighted by molar-refractivity contribution is 0.309. The number of H-pyrrole nitrogens is 1. The topological polar surface area (TPSA) is 65.9 Å². The third-order valence-corrected chi connectivity index (χ3v) is 3.21. The van der Waals surface area contributed by atoms with Crippen LogP contribution in [0.5, 0.6) is 5.75 Å². The van der Waals surface area contributed by atoms with Crippen molar-refractivity contribution < 1.29 is 4.74 Å². The van der Waals surface area contributed by atoms with Crippen LogP contribution in [0.15, 0.2) is 35.1 Å². The Labute approximate surface area is 124 Å². The third kappa shape index (κ3) is 3.51. The second-order valence-electron chi connectivity index (χ2n) is 4.91. The minimum absolute atomic E-state index is 0.139. The Hall–Kier alpha value is -2.54. The van der Waals surface area contributed by atoms with Crippen molar-refractivity contribution in [3.63, 3.8) is 0 Å². The molecule has 0 aliphatic heterocycles. The number of ether oxygens (including phenoxy) is 1. The SMILES string of the molecule is CCCCOc1ccc(-c2cc(C)[nH]c(=O)c2C#N)cc1. The lowest BCUT2D eigenvalue weighted by atomic mass is 10.0. The average Bonchev–Trinajstić information content (AvgIpc) is 2.47. The van der Waals surface area contributed by atoms with Crippen LogP contribution >= 0.6 is 0 Å². The van der Waals surface area contributed by atoms with Crippen molar-refractivity contribution in [2.75, 3.05) is 6.61 Å². The van der Waals surface area contributed by atoms with E-state index in [0.717, 1.165) is 29.8 Å². The summed E-state index contributed by atoms with van der Waals surface area (Å²) in [5, 5.41) is 9.15. The summed E-state index contributed by atoms with van der Waals surface area (Å²) < 4.78 is 5.61. The lowest BCUT2D eigenvalue weighted by Gasteiger charge is -2.08. The van der Waals surface area contributed by atoms with Crippen LogP contribution in [0.4, 0.5) is 0 Å². The van der Waals surface area contributed by atoms with Crippen LogP contribution in [0.25, 0.3) is 11.1 Å². The number of aromatic nitrogens is 1. The van der Waals surface area contributed by atoms with Gasteiger partial charge in [0.05, 0.1) is 6.61 Å². The van der Waals surface area contributed by atoms with Crippen molar-refractivity contribution in [3.8, 4) is 22.9 Å². The monoisotopic (exact) mass is 282 g/mol. The first-order valence-electron chi connectivity index (χ1n) is 7.03. The highest BCUT2D eigenvalue weighted by Crippen LogP contribution is 2.24. The third-order valence-electron chi connectivity index (χ3n) is 3.21. The molecule has 0 saturated heterocycles. The number of unbranched alkanes of at least 4 members (excludes halogenated alkanes) is 1. The quantitative estimate of drug-likeness (QED) is 0.855. The molecule has 108 valence electrons. The van der Waals surface area contributed by atoms with Gasteiger partial charge in [-0.3, -0.25) is 4.79 Å². The molecule has 0 atom stereocenters. The molecule has 0 unspecified atom stereocenters. The van der Waals surface area contributed by atoms with Crippen molar-refractivity contribution in [1.29, 1.82) is 5.26 Å². The van der Waals surface area contributed by atoms with Gasteiger partial charge < -0.3 is 9.72 Å². The van der Waals surface area contributed by atoms with Crippen LogP contribution in [0.3, 0.4) is 0 Å². The van der Waals surface area contributed by atoms with E-state index < -0.39 is 0 Å². The van der Waals surface area contributed by atoms with Crippen molar-refractivity contribution in [3.05, 3.63) is 51.9 Å². The fourth-order valence-electron chi connectivity index (χ4n) is 2.09. The summed E-state index contributed by atoms with van der Waals surface area (Å²) in [4.78, 5) is 14.4. The van der Waals surface area contributed by atoms with Crippen LogP contribution in [0.2, 0.25) is 0 Å². The van der Waals surface area contributed by atoms with E-state index in [1.54, 1.807) is 6.92 Å². The molecule has 0 saturated carbocycles. The first kappa shape index (κ1) is 14.9. The first-order chi connectivity index (χ1) is 10.2. The molecule has 4 nitrogen and oxygen atoms in total. The van der Waals surface area contributed by atoms with Gasteiger partial charge in [-0.05, 0) is 37.1 Å². The highest BCUT2D eigenvalue weighted by atomic mass is 16.5. The Morgan fingerprint density at radius 3 is 2.62 bits per heavy atom. The van der Waals surface area contributed by atoms with Gasteiger partial charge in [-0.2, -0.15) is 5.26 Å². The molecule has 0 radical (unpaired) electrons. The molecule has 2 rings (SSSR count). The molecule has 0 aliphatic carbocycles. The molecule has 1 N–H and O–H groups in total. The largest absolute Gasteiger partial charge is 0.494 e. The maximum absolute atomic E-state index is 11.8. The van der Waals surface area contributed by atoms with Gasteiger partial charge in [0.25, 0.3) is 5.56 Å². The summed E-state index contributed by atoms with van der Waals surface area (Å²) in [5.74, 6) is 0.798. The maximum Gasteiger partial charge on any atom is 0.266 e. The van der Waals surface area contributed by atoms with Gasteiger partial charge in [0, 0.05) is 11.3 Å². The normalized spacial score (nSPS) is 10.1. The summed E-state index contributed by atoms with van der Waals surface area (Å²) >= 11 is 0. The highest BCUT2D eigenvalue weighted by molar-refractivity contribution is 5.70. The number of nitrogens with zero attached hydrogens (tertiary/aromatic N) is 1. The molecule has 0 bridgehead atoms. The minimum atomic E-state index is -0.351. The van der Waals surface area contributed by atoms with Gasteiger partial charge in [0.1, 0.15) is 17.4 Å². The Morgan fingerprint density at radius 2 is 2.00 bits per heavy atom. The summed E-state index contributed by atoms with van der Waals surface area (Å²) in [7, 11) is 0. The fourth-order valence-corrected chi connectivity index (χ4v) is 2.09. The predicted molar refractivity (Wildman–Crippen MR) is 82.4 cm³/mol. The van der Waals surface area contributed by atoms with E-state index in [9.17, 15) is 4.79 Å². The molecule has 21 heavy (non-hydrogen) atoms. The van der Waals surface area contributed by atoms with Crippen LogP contribution in [0, 0.1) is 18.3 Å². The van der Waals surface area contributed by atoms with Crippen LogP contribution in [-0.4, -0.2) is 11.6 Å². The number of nitrogens with one attached hydrogen (secondary N) is 1. The van der Waals surface area contributed by atoms with Crippen molar-refractivity contribution in [1.82, 2.24) is 4.98 Å². The van der Waals surface area contributed by atoms with Gasteiger partial charge in [0.2, 0.25) is 0 Å². The molecule has 0 aliphatic rings. The number of hydrogen-bond donors (Lipinski definition) is 1. The number of pyridine rings is 1. The zero-order chi connectivity index (χ0) is 15.2. The van der Waals surface area contributed by atoms with Crippen molar-refractivity contribution in [2.24, 2.45) is 0 Å². The molecular weight excluding hydrogens is 264 g/mol. The number of aromatic amines is 1. The zero-order valence-electron chi connectivity index (χ0n) is 12.3. The zero-order valence-corrected chi connectivity index (χ0v) is 12.3. The number of hydrogen-bond acceptors (Lipinski definition) is 3. The van der Waals surface area contributed by atoms with Crippen molar-refractivity contribution >= 4 is 0 Å². The Balaban J connectivity index is 2.31. The molecule has 1 heterocycles. The summed E-state index contributed by atoms with van der Waals surface area (Å²) in [6, 6.07) is 11.3. The number of nitriles is 1. The fraction of sp³-hybridized carbons (Fsp3) is 0.294. The van der Waals surface area contributed by atoms with E-state index in [-0.39, 0.29) is 11.1 Å². The summed E-state index contributed by atoms with van der Waals surface area (Å²) in [6.07, 6.45) is 2.11. The van der Waals surface area contributed by atoms with Crippen LogP contribution in [0.1, 0.15) is 31.0 Å². The van der Waals surface area contributed by atoms with Crippen LogP contribution < -0.4 is 10.3 Å². The second kappa shape index (κ2) is 6.76. The van der Waals surface area contributed by atoms with E-state index in [2.05, 4.69) is 11.9 Å². The summed E-state index contributed by atoms with van der Waals surface area (Å²) in [5.41, 5.74) is 2.01. The maximum atomic E-state index is 11.8. The van der Waals surface area contributed by atoms with Gasteiger partial charge in [-0.25, -0.2) is 0 Å². The first-order valence-corrected chi connectivity index (χ1v) is 7.03. The molecule has 4 heteroatoms. The standard InChI is InChI=1S/C17H18N2O2/c1-3-4-9-21-14-7-5-13(6-8-14)15-10-12(2)19-17(20)16(15)11-18/h5-8,10H,3-4,9H2,1-2H3,(H,19,20). The van der Waals surface area contributed by atoms with Gasteiger partial charge in [-0.1, -0.05) is 25.5 Å². The smallest absolute Gasteiger partial charge is 0.266 e. The number of benzene rings is 1. The molecular formula is C17H18N2O2. The Bertz CT molecular complexity index is 709. The van der Waals surface area contributed by atoms with E-state index in [1.165, 1.54) is 0 Å². The summed E-state index contributed by atoms with van der Waals surface area (Å²) in [6.45, 7) is 4.61. The van der Waals surface area contributed by atoms with Crippen molar-refractivity contribution in [2.45, 2.75) is 26.7 Å². The second-order valence-corrected chi connectivity index (χ2v) is 4.91. The van der Waals surface area contributed by atoms with Crippen LogP contribution in [-0.2, 0) is 0 Å². The van der Waals surface area contributed by atoms with E-state index in [1.807, 2.05) is 36.4 Å². The average molecular weight is 282 g/mol. The van der Waals surface area contributed by atoms with E-state index in [4.69, 9.17) is 10.00 Å². The number of rotatable bonds is 5. The minimum Gasteiger partial charge on any atom is -0.494 e. The highest BCUT2D eigenvalue weighted by Gasteiger charge is 2.10. The van der Waals surface area contributed by atoms with E-state index in [0.29, 0.717) is 12.2 Å². The van der Waals surface area contributed by atoms with E-state index >= 15 is 0 Å². The Morgan fingerprint density at radius 1 is 1.29 bits per heavy atom. The number of aryl methyl sites for hydroxylation is 1. The predicted octanol–water partition coefficient (Wildman–Crippen LogP) is 3.40. The van der Waals surface area contributed by atoms with Gasteiger partial charge in [-0.15, -0.1) is 0 Å². The molecule has 0 fully saturated rings. The lowest BCUT2D eigenvalue weighted by Crippen LogP contribution is -2.12. The van der Waals surface area contributed by atoms with Gasteiger partial charge >= 0.3 is 0 Å². The molecule has 2 aromatic rings. The molecule has 1 aromatic heterocycles.